The van der Waals surface area contributed by atoms with Crippen molar-refractivity contribution in [3.05, 3.63) is 28.3 Å². The molecule has 0 aromatic heterocycles. The van der Waals surface area contributed by atoms with E-state index in [1.54, 1.807) is 0 Å². The lowest BCUT2D eigenvalue weighted by Crippen LogP contribution is -2.42. The van der Waals surface area contributed by atoms with E-state index in [1.807, 2.05) is 0 Å². The van der Waals surface area contributed by atoms with Crippen LogP contribution in [-0.2, 0) is 0 Å². The number of nitrogens with zero attached hydrogens (tertiary/aromatic N) is 1. The molecule has 5 N–H and O–H groups in total. The molecule has 2 unspecified atom stereocenters. The van der Waals surface area contributed by atoms with Gasteiger partial charge in [-0.1, -0.05) is 12.8 Å². The Morgan fingerprint density at radius 2 is 2.10 bits per heavy atom. The van der Waals surface area contributed by atoms with Crippen molar-refractivity contribution >= 4 is 18.7 Å². The quantitative estimate of drug-likeness (QED) is 0.356. The minimum atomic E-state index is -2.02. The summed E-state index contributed by atoms with van der Waals surface area (Å²) in [4.78, 5) is 10.6. The van der Waals surface area contributed by atoms with Crippen LogP contribution in [0.2, 0.25) is 0 Å². The number of nitro groups is 1. The lowest BCUT2D eigenvalue weighted by Gasteiger charge is -2.30. The number of nitrogens with one attached hydrogen (secondary N) is 1. The van der Waals surface area contributed by atoms with Crippen molar-refractivity contribution in [3.8, 4) is 5.75 Å². The summed E-state index contributed by atoms with van der Waals surface area (Å²) in [5.41, 5.74) is 6.19. The van der Waals surface area contributed by atoms with Crippen LogP contribution in [0.15, 0.2) is 18.2 Å². The first-order valence-corrected chi connectivity index (χ1v) is 6.80. The van der Waals surface area contributed by atoms with E-state index in [2.05, 4.69) is 9.97 Å². The SMILES string of the molecule is NC1CCCCC1Nc1ccc(OB(O)O)cc1[N+](=O)[O-]. The van der Waals surface area contributed by atoms with Gasteiger partial charge in [-0.15, -0.1) is 0 Å². The number of anilines is 1. The minimum Gasteiger partial charge on any atom is -0.512 e. The summed E-state index contributed by atoms with van der Waals surface area (Å²) >= 11 is 0. The lowest BCUT2D eigenvalue weighted by atomic mass is 9.91. The molecule has 2 atom stereocenters. The summed E-state index contributed by atoms with van der Waals surface area (Å²) in [7, 11) is -2.02. The molecule has 1 saturated carbocycles. The van der Waals surface area contributed by atoms with Gasteiger partial charge in [0.15, 0.2) is 0 Å². The van der Waals surface area contributed by atoms with E-state index in [0.29, 0.717) is 5.69 Å². The maximum Gasteiger partial charge on any atom is 0.707 e. The van der Waals surface area contributed by atoms with Crippen LogP contribution < -0.4 is 15.7 Å². The average molecular weight is 295 g/mol. The highest BCUT2D eigenvalue weighted by Gasteiger charge is 2.25. The Labute approximate surface area is 122 Å². The summed E-state index contributed by atoms with van der Waals surface area (Å²) in [6.07, 6.45) is 3.87. The topological polar surface area (TPSA) is 131 Å². The first kappa shape index (κ1) is 15.6. The number of rotatable bonds is 5. The molecule has 0 heterocycles. The van der Waals surface area contributed by atoms with Crippen molar-refractivity contribution in [1.29, 1.82) is 0 Å². The second kappa shape index (κ2) is 6.75. The molecule has 0 bridgehead atoms. The smallest absolute Gasteiger partial charge is 0.512 e. The van der Waals surface area contributed by atoms with Crippen LogP contribution in [0, 0.1) is 10.1 Å². The van der Waals surface area contributed by atoms with E-state index in [-0.39, 0.29) is 23.5 Å². The van der Waals surface area contributed by atoms with Gasteiger partial charge in [-0.25, -0.2) is 0 Å². The first-order valence-electron chi connectivity index (χ1n) is 6.80. The molecule has 1 aliphatic rings. The second-order valence-corrected chi connectivity index (χ2v) is 5.08. The van der Waals surface area contributed by atoms with Gasteiger partial charge in [0.25, 0.3) is 5.69 Å². The molecule has 2 rings (SSSR count). The van der Waals surface area contributed by atoms with Crippen molar-refractivity contribution in [3.63, 3.8) is 0 Å². The van der Waals surface area contributed by atoms with Crippen LogP contribution in [0.25, 0.3) is 0 Å². The first-order chi connectivity index (χ1) is 9.97. The predicted octanol–water partition coefficient (Wildman–Crippen LogP) is 0.625. The highest BCUT2D eigenvalue weighted by molar-refractivity contribution is 6.33. The largest absolute Gasteiger partial charge is 0.707 e. The van der Waals surface area contributed by atoms with E-state index in [9.17, 15) is 10.1 Å². The van der Waals surface area contributed by atoms with E-state index >= 15 is 0 Å². The molecular weight excluding hydrogens is 277 g/mol. The fourth-order valence-corrected chi connectivity index (χ4v) is 2.52. The summed E-state index contributed by atoms with van der Waals surface area (Å²) in [6, 6.07) is 4.03. The molecule has 21 heavy (non-hydrogen) atoms. The van der Waals surface area contributed by atoms with Crippen LogP contribution >= 0.6 is 0 Å². The van der Waals surface area contributed by atoms with Crippen molar-refractivity contribution in [2.45, 2.75) is 37.8 Å². The zero-order valence-corrected chi connectivity index (χ0v) is 11.4. The zero-order chi connectivity index (χ0) is 15.4. The molecule has 1 aliphatic carbocycles. The molecule has 0 amide bonds. The fourth-order valence-electron chi connectivity index (χ4n) is 2.52. The van der Waals surface area contributed by atoms with E-state index in [4.69, 9.17) is 15.8 Å². The standard InChI is InChI=1S/C12H18BN3O5/c14-9-3-1-2-4-10(9)15-11-6-5-8(21-13(17)18)7-12(11)16(19)20/h5-7,9-10,15,17-18H,1-4,14H2. The van der Waals surface area contributed by atoms with Crippen molar-refractivity contribution < 1.29 is 19.6 Å². The number of benzene rings is 1. The average Bonchev–Trinajstić information content (AvgIpc) is 2.42. The summed E-state index contributed by atoms with van der Waals surface area (Å²) < 4.78 is 4.63. The van der Waals surface area contributed by atoms with Crippen molar-refractivity contribution in [2.75, 3.05) is 5.32 Å². The van der Waals surface area contributed by atoms with Crippen LogP contribution in [0.5, 0.6) is 5.75 Å². The highest BCUT2D eigenvalue weighted by Crippen LogP contribution is 2.31. The lowest BCUT2D eigenvalue weighted by molar-refractivity contribution is -0.384. The molecule has 1 fully saturated rings. The van der Waals surface area contributed by atoms with Crippen molar-refractivity contribution in [2.24, 2.45) is 5.73 Å². The van der Waals surface area contributed by atoms with Gasteiger partial charge in [-0.05, 0) is 25.0 Å². The van der Waals surface area contributed by atoms with E-state index in [0.717, 1.165) is 31.7 Å². The maximum absolute atomic E-state index is 11.1. The van der Waals surface area contributed by atoms with Gasteiger partial charge in [-0.3, -0.25) is 10.1 Å². The Kier molecular flexibility index (Phi) is 5.00. The number of nitrogens with two attached hydrogens (primary N) is 1. The predicted molar refractivity (Wildman–Crippen MR) is 77.8 cm³/mol. The maximum atomic E-state index is 11.1. The minimum absolute atomic E-state index is 0.00681. The van der Waals surface area contributed by atoms with E-state index in [1.165, 1.54) is 12.1 Å². The van der Waals surface area contributed by atoms with Crippen LogP contribution in [0.3, 0.4) is 0 Å². The summed E-state index contributed by atoms with van der Waals surface area (Å²) in [6.45, 7) is 0. The van der Waals surface area contributed by atoms with Crippen LogP contribution in [-0.4, -0.2) is 34.4 Å². The second-order valence-electron chi connectivity index (χ2n) is 5.08. The Hall–Kier alpha value is -1.84. The van der Waals surface area contributed by atoms with Gasteiger partial charge >= 0.3 is 7.32 Å². The van der Waals surface area contributed by atoms with Gasteiger partial charge in [-0.2, -0.15) is 0 Å². The van der Waals surface area contributed by atoms with Gasteiger partial charge in [0.05, 0.1) is 11.0 Å². The monoisotopic (exact) mass is 295 g/mol. The molecule has 0 aliphatic heterocycles. The molecule has 8 nitrogen and oxygen atoms in total. The summed E-state index contributed by atoms with van der Waals surface area (Å²) in [5.74, 6) is 0.00944. The molecule has 114 valence electrons. The van der Waals surface area contributed by atoms with Gasteiger partial charge < -0.3 is 25.8 Å². The fraction of sp³-hybridized carbons (Fsp3) is 0.500. The number of nitro benzene ring substituents is 1. The number of hydrogen-bond acceptors (Lipinski definition) is 7. The summed E-state index contributed by atoms with van der Waals surface area (Å²) in [5, 5.41) is 31.7. The third-order valence-electron chi connectivity index (χ3n) is 3.57. The molecule has 1 aromatic rings. The molecule has 0 spiro atoms. The zero-order valence-electron chi connectivity index (χ0n) is 11.4. The molecule has 0 radical (unpaired) electrons. The third kappa shape index (κ3) is 4.07. The molecular formula is C12H18BN3O5. The van der Waals surface area contributed by atoms with Crippen LogP contribution in [0.4, 0.5) is 11.4 Å². The van der Waals surface area contributed by atoms with Crippen molar-refractivity contribution in [1.82, 2.24) is 0 Å². The van der Waals surface area contributed by atoms with Gasteiger partial charge in [0.1, 0.15) is 11.4 Å². The Morgan fingerprint density at radius 3 is 2.71 bits per heavy atom. The molecule has 0 saturated heterocycles. The highest BCUT2D eigenvalue weighted by atomic mass is 16.6. The van der Waals surface area contributed by atoms with E-state index < -0.39 is 12.2 Å². The number of hydrogen-bond donors (Lipinski definition) is 4. The molecule has 9 heteroatoms. The normalized spacial score (nSPS) is 21.7. The van der Waals surface area contributed by atoms with Gasteiger partial charge in [0.2, 0.25) is 0 Å². The van der Waals surface area contributed by atoms with Crippen LogP contribution in [0.1, 0.15) is 25.7 Å². The Balaban J connectivity index is 2.19. The Morgan fingerprint density at radius 1 is 1.38 bits per heavy atom. The van der Waals surface area contributed by atoms with Gasteiger partial charge in [0, 0.05) is 12.1 Å². The molecule has 1 aromatic carbocycles. The Bertz CT molecular complexity index is 514. The third-order valence-corrected chi connectivity index (χ3v) is 3.57.